The third kappa shape index (κ3) is 3.42. The lowest BCUT2D eigenvalue weighted by atomic mass is 10.1. The van der Waals surface area contributed by atoms with Crippen molar-refractivity contribution in [2.24, 2.45) is 5.73 Å². The molecule has 10 heteroatoms. The van der Waals surface area contributed by atoms with Gasteiger partial charge in [-0.15, -0.1) is 0 Å². The third-order valence-corrected chi connectivity index (χ3v) is 3.62. The summed E-state index contributed by atoms with van der Waals surface area (Å²) in [7, 11) is 0. The van der Waals surface area contributed by atoms with Crippen LogP contribution in [-0.2, 0) is 22.3 Å². The predicted octanol–water partition coefficient (Wildman–Crippen LogP) is 1.18. The summed E-state index contributed by atoms with van der Waals surface area (Å²) in [6, 6.07) is 7.29. The first kappa shape index (κ1) is 16.8. The van der Waals surface area contributed by atoms with E-state index in [2.05, 4.69) is 5.10 Å². The highest BCUT2D eigenvalue weighted by Gasteiger charge is 2.35. The lowest BCUT2D eigenvalue weighted by Gasteiger charge is -2.33. The van der Waals surface area contributed by atoms with Gasteiger partial charge in [0.05, 0.1) is 12.2 Å². The number of hydrogen-bond acceptors (Lipinski definition) is 4. The molecule has 0 saturated heterocycles. The molecule has 7 nitrogen and oxygen atoms in total. The molecule has 1 aliphatic heterocycles. The molecule has 2 heterocycles. The number of benzene rings is 1. The van der Waals surface area contributed by atoms with Crippen molar-refractivity contribution in [3.8, 4) is 5.75 Å². The fraction of sp³-hybridized carbons (Fsp3) is 0.267. The van der Waals surface area contributed by atoms with Crippen molar-refractivity contribution in [3.05, 3.63) is 42.2 Å². The van der Waals surface area contributed by atoms with E-state index in [4.69, 9.17) is 10.5 Å². The lowest BCUT2D eigenvalue weighted by Crippen LogP contribution is -2.50. The number of nitrogens with zero attached hydrogens (tertiary/aromatic N) is 3. The average molecular weight is 354 g/mol. The summed E-state index contributed by atoms with van der Waals surface area (Å²) in [6.07, 6.45) is -4.56. The molecule has 2 amide bonds. The van der Waals surface area contributed by atoms with Crippen molar-refractivity contribution < 1.29 is 27.5 Å². The van der Waals surface area contributed by atoms with Crippen LogP contribution in [0, 0.1) is 0 Å². The Kier molecular flexibility index (Phi) is 4.11. The van der Waals surface area contributed by atoms with Crippen LogP contribution in [0.25, 0.3) is 0 Å². The van der Waals surface area contributed by atoms with Crippen LogP contribution >= 0.6 is 0 Å². The number of nitrogens with two attached hydrogens (primary N) is 1. The molecule has 2 N–H and O–H groups in total. The van der Waals surface area contributed by atoms with Crippen molar-refractivity contribution in [1.29, 1.82) is 0 Å². The van der Waals surface area contributed by atoms with Crippen LogP contribution in [0.15, 0.2) is 36.5 Å². The normalized spacial score (nSPS) is 16.9. The van der Waals surface area contributed by atoms with Crippen molar-refractivity contribution in [2.45, 2.75) is 18.8 Å². The van der Waals surface area contributed by atoms with Gasteiger partial charge in [-0.2, -0.15) is 18.3 Å². The minimum Gasteiger partial charge on any atom is -0.477 e. The molecule has 0 spiro atoms. The Morgan fingerprint density at radius 2 is 2.00 bits per heavy atom. The summed E-state index contributed by atoms with van der Waals surface area (Å²) in [5.41, 5.74) is 4.57. The molecule has 2 aromatic rings. The van der Waals surface area contributed by atoms with Crippen molar-refractivity contribution in [2.75, 3.05) is 11.4 Å². The zero-order chi connectivity index (χ0) is 18.2. The van der Waals surface area contributed by atoms with Gasteiger partial charge in [-0.3, -0.25) is 14.3 Å². The van der Waals surface area contributed by atoms with Gasteiger partial charge in [0.2, 0.25) is 5.91 Å². The van der Waals surface area contributed by atoms with Crippen LogP contribution < -0.4 is 15.4 Å². The van der Waals surface area contributed by atoms with Crippen LogP contribution in [0.5, 0.6) is 5.75 Å². The summed E-state index contributed by atoms with van der Waals surface area (Å²) in [5.74, 6) is -0.994. The monoisotopic (exact) mass is 354 g/mol. The number of ether oxygens (including phenoxy) is 1. The number of aromatic nitrogens is 2. The SMILES string of the molecule is NC(=O)[C@H]1CN(C(=O)Cn2ccc(C(F)(F)F)n2)c2ccccc2O1. The van der Waals surface area contributed by atoms with E-state index in [1.54, 1.807) is 24.3 Å². The fourth-order valence-corrected chi connectivity index (χ4v) is 2.44. The maximum Gasteiger partial charge on any atom is 0.435 e. The van der Waals surface area contributed by atoms with E-state index in [1.807, 2.05) is 0 Å². The number of para-hydroxylation sites is 2. The molecule has 0 aliphatic carbocycles. The molecule has 0 bridgehead atoms. The Hall–Kier alpha value is -3.04. The first-order valence-corrected chi connectivity index (χ1v) is 7.22. The molecule has 0 unspecified atom stereocenters. The van der Waals surface area contributed by atoms with Gasteiger partial charge >= 0.3 is 6.18 Å². The zero-order valence-electron chi connectivity index (χ0n) is 12.7. The Morgan fingerprint density at radius 3 is 2.64 bits per heavy atom. The second-order valence-corrected chi connectivity index (χ2v) is 5.38. The van der Waals surface area contributed by atoms with Crippen LogP contribution in [0.4, 0.5) is 18.9 Å². The van der Waals surface area contributed by atoms with Gasteiger partial charge in [0.1, 0.15) is 12.3 Å². The van der Waals surface area contributed by atoms with Crippen LogP contribution in [0.2, 0.25) is 0 Å². The molecule has 0 saturated carbocycles. The van der Waals surface area contributed by atoms with Gasteiger partial charge in [0.25, 0.3) is 5.91 Å². The standard InChI is InChI=1S/C15H13F3N4O3/c16-15(17,18)12-5-6-21(20-12)8-13(23)22-7-11(14(19)24)25-10-4-2-1-3-9(10)22/h1-6,11H,7-8H2,(H2,19,24)/t11-/m1/s1. The number of carbonyl (C=O) groups is 2. The number of primary amides is 1. The summed E-state index contributed by atoms with van der Waals surface area (Å²) in [5, 5.41) is 3.35. The van der Waals surface area contributed by atoms with E-state index in [-0.39, 0.29) is 6.54 Å². The molecule has 1 aromatic heterocycles. The Balaban J connectivity index is 1.83. The van der Waals surface area contributed by atoms with E-state index < -0.39 is 36.3 Å². The summed E-state index contributed by atoms with van der Waals surface area (Å²) in [6.45, 7) is -0.547. The smallest absolute Gasteiger partial charge is 0.435 e. The van der Waals surface area contributed by atoms with Crippen molar-refractivity contribution in [1.82, 2.24) is 9.78 Å². The van der Waals surface area contributed by atoms with E-state index in [0.717, 1.165) is 16.9 Å². The topological polar surface area (TPSA) is 90.5 Å². The maximum atomic E-state index is 12.6. The lowest BCUT2D eigenvalue weighted by molar-refractivity contribution is -0.141. The van der Waals surface area contributed by atoms with Gasteiger partial charge in [-0.25, -0.2) is 0 Å². The fourth-order valence-electron chi connectivity index (χ4n) is 2.44. The van der Waals surface area contributed by atoms with E-state index in [0.29, 0.717) is 11.4 Å². The second-order valence-electron chi connectivity index (χ2n) is 5.38. The van der Waals surface area contributed by atoms with E-state index in [9.17, 15) is 22.8 Å². The number of fused-ring (bicyclic) bond motifs is 1. The van der Waals surface area contributed by atoms with Crippen LogP contribution in [0.1, 0.15) is 5.69 Å². The van der Waals surface area contributed by atoms with Gasteiger partial charge < -0.3 is 15.4 Å². The Bertz CT molecular complexity index is 818. The number of hydrogen-bond donors (Lipinski definition) is 1. The number of rotatable bonds is 3. The minimum atomic E-state index is -4.59. The van der Waals surface area contributed by atoms with Crippen LogP contribution in [0.3, 0.4) is 0 Å². The summed E-state index contributed by atoms with van der Waals surface area (Å²) in [4.78, 5) is 25.2. The highest BCUT2D eigenvalue weighted by molar-refractivity contribution is 5.97. The zero-order valence-corrected chi connectivity index (χ0v) is 12.7. The Labute approximate surface area is 139 Å². The first-order chi connectivity index (χ1) is 11.8. The number of amides is 2. The van der Waals surface area contributed by atoms with Gasteiger partial charge in [0.15, 0.2) is 11.8 Å². The maximum absolute atomic E-state index is 12.6. The van der Waals surface area contributed by atoms with E-state index >= 15 is 0 Å². The molecule has 0 radical (unpaired) electrons. The second kappa shape index (κ2) is 6.11. The first-order valence-electron chi connectivity index (χ1n) is 7.22. The molecule has 0 fully saturated rings. The highest BCUT2D eigenvalue weighted by atomic mass is 19.4. The average Bonchev–Trinajstić information content (AvgIpc) is 3.02. The summed E-state index contributed by atoms with van der Waals surface area (Å²) < 4.78 is 44.1. The van der Waals surface area contributed by atoms with Crippen molar-refractivity contribution >= 4 is 17.5 Å². The van der Waals surface area contributed by atoms with E-state index in [1.165, 1.54) is 4.90 Å². The third-order valence-electron chi connectivity index (χ3n) is 3.62. The number of halogens is 3. The van der Waals surface area contributed by atoms with Gasteiger partial charge in [0, 0.05) is 6.20 Å². The van der Waals surface area contributed by atoms with Gasteiger partial charge in [-0.05, 0) is 18.2 Å². The molecule has 1 atom stereocenters. The quantitative estimate of drug-likeness (QED) is 0.896. The molecule has 132 valence electrons. The van der Waals surface area contributed by atoms with Crippen LogP contribution in [-0.4, -0.2) is 34.2 Å². The minimum absolute atomic E-state index is 0.126. The largest absolute Gasteiger partial charge is 0.477 e. The molecule has 1 aromatic carbocycles. The molecule has 3 rings (SSSR count). The number of alkyl halides is 3. The predicted molar refractivity (Wildman–Crippen MR) is 79.6 cm³/mol. The van der Waals surface area contributed by atoms with Gasteiger partial charge in [-0.1, -0.05) is 12.1 Å². The van der Waals surface area contributed by atoms with Crippen molar-refractivity contribution in [3.63, 3.8) is 0 Å². The number of carbonyl (C=O) groups excluding carboxylic acids is 2. The molecule has 25 heavy (non-hydrogen) atoms. The summed E-state index contributed by atoms with van der Waals surface area (Å²) >= 11 is 0. The molecule has 1 aliphatic rings. The highest BCUT2D eigenvalue weighted by Crippen LogP contribution is 2.33. The number of anilines is 1. The Morgan fingerprint density at radius 1 is 1.28 bits per heavy atom. The molecular weight excluding hydrogens is 341 g/mol. The molecular formula is C15H13F3N4O3.